The van der Waals surface area contributed by atoms with Gasteiger partial charge in [-0.3, -0.25) is 19.5 Å². The lowest BCUT2D eigenvalue weighted by molar-refractivity contribution is 0.0639. The third-order valence-corrected chi connectivity index (χ3v) is 4.23. The Labute approximate surface area is 122 Å². The largest absolute Gasteiger partial charge is 0.477 e. The minimum atomic E-state index is -1.07. The van der Waals surface area contributed by atoms with Gasteiger partial charge in [0.25, 0.3) is 11.8 Å². The molecular formula is C13H9N3O4S. The van der Waals surface area contributed by atoms with Crippen molar-refractivity contribution in [2.24, 2.45) is 0 Å². The van der Waals surface area contributed by atoms with E-state index in [-0.39, 0.29) is 17.0 Å². The molecule has 0 aromatic carbocycles. The second-order valence-corrected chi connectivity index (χ2v) is 5.53. The SMILES string of the molecule is Cc1nc(CN2C(=O)c3ccncc3C2=O)sc1C(=O)O. The van der Waals surface area contributed by atoms with Gasteiger partial charge in [0.15, 0.2) is 0 Å². The summed E-state index contributed by atoms with van der Waals surface area (Å²) in [5, 5.41) is 9.41. The number of aromatic nitrogens is 2. The summed E-state index contributed by atoms with van der Waals surface area (Å²) in [6, 6.07) is 1.49. The third kappa shape index (κ3) is 2.09. The first-order valence-corrected chi connectivity index (χ1v) is 6.80. The number of fused-ring (bicyclic) bond motifs is 1. The second-order valence-electron chi connectivity index (χ2n) is 4.44. The topological polar surface area (TPSA) is 100 Å². The number of thiazole rings is 1. The quantitative estimate of drug-likeness (QED) is 0.859. The molecule has 1 aliphatic heterocycles. The molecule has 21 heavy (non-hydrogen) atoms. The molecule has 0 fully saturated rings. The number of carbonyl (C=O) groups excluding carboxylic acids is 2. The predicted octanol–water partition coefficient (Wildman–Crippen LogP) is 1.34. The average molecular weight is 303 g/mol. The van der Waals surface area contributed by atoms with E-state index < -0.39 is 17.8 Å². The van der Waals surface area contributed by atoms with E-state index in [4.69, 9.17) is 5.11 Å². The zero-order chi connectivity index (χ0) is 15.1. The minimum Gasteiger partial charge on any atom is -0.477 e. The van der Waals surface area contributed by atoms with Crippen LogP contribution in [-0.2, 0) is 6.54 Å². The van der Waals surface area contributed by atoms with Crippen LogP contribution in [0.1, 0.15) is 41.1 Å². The lowest BCUT2D eigenvalue weighted by Crippen LogP contribution is -2.29. The molecule has 8 heteroatoms. The van der Waals surface area contributed by atoms with E-state index in [2.05, 4.69) is 9.97 Å². The number of rotatable bonds is 3. The van der Waals surface area contributed by atoms with Crippen molar-refractivity contribution >= 4 is 29.1 Å². The Balaban J connectivity index is 1.90. The Kier molecular flexibility index (Phi) is 3.02. The van der Waals surface area contributed by atoms with Crippen LogP contribution in [0.5, 0.6) is 0 Å². The van der Waals surface area contributed by atoms with Crippen LogP contribution in [0.4, 0.5) is 0 Å². The number of hydrogen-bond donors (Lipinski definition) is 1. The number of hydrogen-bond acceptors (Lipinski definition) is 6. The van der Waals surface area contributed by atoms with Gasteiger partial charge in [0.2, 0.25) is 0 Å². The Morgan fingerprint density at radius 2 is 2.05 bits per heavy atom. The van der Waals surface area contributed by atoms with Crippen LogP contribution >= 0.6 is 11.3 Å². The predicted molar refractivity (Wildman–Crippen MR) is 72.3 cm³/mol. The van der Waals surface area contributed by atoms with Gasteiger partial charge in [0, 0.05) is 12.4 Å². The summed E-state index contributed by atoms with van der Waals surface area (Å²) >= 11 is 0.965. The molecule has 0 spiro atoms. The monoisotopic (exact) mass is 303 g/mol. The number of aryl methyl sites for hydroxylation is 1. The Hall–Kier alpha value is -2.61. The van der Waals surface area contributed by atoms with E-state index in [1.807, 2.05) is 0 Å². The number of carboxylic acid groups (broad SMARTS) is 1. The highest BCUT2D eigenvalue weighted by molar-refractivity contribution is 7.13. The van der Waals surface area contributed by atoms with Crippen LogP contribution in [0, 0.1) is 6.92 Å². The van der Waals surface area contributed by atoms with E-state index in [1.165, 1.54) is 18.5 Å². The van der Waals surface area contributed by atoms with E-state index in [1.54, 1.807) is 6.92 Å². The van der Waals surface area contributed by atoms with E-state index in [0.29, 0.717) is 16.3 Å². The Bertz CT molecular complexity index is 748. The summed E-state index contributed by atoms with van der Waals surface area (Å²) in [5.41, 5.74) is 0.941. The maximum atomic E-state index is 12.2. The summed E-state index contributed by atoms with van der Waals surface area (Å²) in [6.45, 7) is 1.54. The van der Waals surface area contributed by atoms with E-state index in [0.717, 1.165) is 16.2 Å². The normalized spacial score (nSPS) is 13.7. The number of nitrogens with zero attached hydrogens (tertiary/aromatic N) is 3. The molecule has 0 saturated carbocycles. The molecule has 0 unspecified atom stereocenters. The molecule has 1 aliphatic rings. The summed E-state index contributed by atoms with van der Waals surface area (Å²) in [4.78, 5) is 44.4. The maximum Gasteiger partial charge on any atom is 0.347 e. The van der Waals surface area contributed by atoms with Crippen LogP contribution < -0.4 is 0 Å². The second kappa shape index (κ2) is 4.74. The summed E-state index contributed by atoms with van der Waals surface area (Å²) in [5.74, 6) is -1.92. The highest BCUT2D eigenvalue weighted by Crippen LogP contribution is 2.26. The number of imide groups is 1. The molecular weight excluding hydrogens is 294 g/mol. The minimum absolute atomic E-state index is 0.0366. The van der Waals surface area contributed by atoms with Crippen molar-refractivity contribution in [3.05, 3.63) is 45.2 Å². The summed E-state index contributed by atoms with van der Waals surface area (Å²) in [6.07, 6.45) is 2.80. The maximum absolute atomic E-state index is 12.2. The fourth-order valence-electron chi connectivity index (χ4n) is 2.13. The molecule has 0 radical (unpaired) electrons. The molecule has 3 rings (SSSR count). The molecule has 2 aromatic heterocycles. The van der Waals surface area contributed by atoms with Gasteiger partial charge in [-0.2, -0.15) is 0 Å². The highest BCUT2D eigenvalue weighted by atomic mass is 32.1. The van der Waals surface area contributed by atoms with Crippen molar-refractivity contribution in [1.29, 1.82) is 0 Å². The van der Waals surface area contributed by atoms with E-state index in [9.17, 15) is 14.4 Å². The fourth-order valence-corrected chi connectivity index (χ4v) is 3.02. The molecule has 0 aliphatic carbocycles. The molecule has 0 saturated heterocycles. The third-order valence-electron chi connectivity index (χ3n) is 3.10. The zero-order valence-corrected chi connectivity index (χ0v) is 11.7. The molecule has 0 atom stereocenters. The Morgan fingerprint density at radius 1 is 1.33 bits per heavy atom. The number of carboxylic acids is 1. The molecule has 2 amide bonds. The van der Waals surface area contributed by atoms with E-state index >= 15 is 0 Å². The fraction of sp³-hybridized carbons (Fsp3) is 0.154. The van der Waals surface area contributed by atoms with Crippen LogP contribution in [0.15, 0.2) is 18.5 Å². The van der Waals surface area contributed by atoms with Crippen LogP contribution in [0.3, 0.4) is 0 Å². The first-order chi connectivity index (χ1) is 9.99. The zero-order valence-electron chi connectivity index (χ0n) is 10.9. The lowest BCUT2D eigenvalue weighted by atomic mass is 10.2. The van der Waals surface area contributed by atoms with Crippen LogP contribution in [0.2, 0.25) is 0 Å². The van der Waals surface area contributed by atoms with Gasteiger partial charge in [-0.25, -0.2) is 9.78 Å². The van der Waals surface area contributed by atoms with Gasteiger partial charge in [-0.15, -0.1) is 11.3 Å². The summed E-state index contributed by atoms with van der Waals surface area (Å²) < 4.78 is 0. The van der Waals surface area contributed by atoms with Crippen molar-refractivity contribution in [3.63, 3.8) is 0 Å². The molecule has 3 heterocycles. The molecule has 7 nitrogen and oxygen atoms in total. The van der Waals surface area contributed by atoms with Gasteiger partial charge < -0.3 is 5.11 Å². The van der Waals surface area contributed by atoms with Crippen molar-refractivity contribution < 1.29 is 19.5 Å². The van der Waals surface area contributed by atoms with Crippen molar-refractivity contribution in [1.82, 2.24) is 14.9 Å². The van der Waals surface area contributed by atoms with Gasteiger partial charge >= 0.3 is 5.97 Å². The standard InChI is InChI=1S/C13H9N3O4S/c1-6-10(13(19)20)21-9(15-6)5-16-11(17)7-2-3-14-4-8(7)12(16)18/h2-4H,5H2,1H3,(H,19,20). The smallest absolute Gasteiger partial charge is 0.347 e. The van der Waals surface area contributed by atoms with Crippen molar-refractivity contribution in [3.8, 4) is 0 Å². The van der Waals surface area contributed by atoms with Gasteiger partial charge in [-0.05, 0) is 13.0 Å². The number of amides is 2. The first kappa shape index (κ1) is 13.4. The summed E-state index contributed by atoms with van der Waals surface area (Å²) in [7, 11) is 0. The van der Waals surface area contributed by atoms with Crippen molar-refractivity contribution in [2.45, 2.75) is 13.5 Å². The average Bonchev–Trinajstić information content (AvgIpc) is 2.94. The number of aromatic carboxylic acids is 1. The lowest BCUT2D eigenvalue weighted by Gasteiger charge is -2.11. The molecule has 2 aromatic rings. The molecule has 1 N–H and O–H groups in total. The molecule has 106 valence electrons. The number of pyridine rings is 1. The molecule has 0 bridgehead atoms. The van der Waals surface area contributed by atoms with Gasteiger partial charge in [0.1, 0.15) is 9.88 Å². The highest BCUT2D eigenvalue weighted by Gasteiger charge is 2.36. The van der Waals surface area contributed by atoms with Crippen LogP contribution in [0.25, 0.3) is 0 Å². The van der Waals surface area contributed by atoms with Crippen LogP contribution in [-0.4, -0.2) is 37.8 Å². The van der Waals surface area contributed by atoms with Crippen molar-refractivity contribution in [2.75, 3.05) is 0 Å². The Morgan fingerprint density at radius 3 is 2.67 bits per heavy atom. The number of carbonyl (C=O) groups is 3. The van der Waals surface area contributed by atoms with Gasteiger partial charge in [0.05, 0.1) is 23.4 Å². The first-order valence-electron chi connectivity index (χ1n) is 5.99. The van der Waals surface area contributed by atoms with Gasteiger partial charge in [-0.1, -0.05) is 0 Å².